The van der Waals surface area contributed by atoms with Gasteiger partial charge in [0.15, 0.2) is 5.60 Å². The molecule has 0 saturated carbocycles. The Morgan fingerprint density at radius 3 is 2.30 bits per heavy atom. The van der Waals surface area contributed by atoms with Crippen LogP contribution in [-0.4, -0.2) is 25.2 Å². The highest BCUT2D eigenvalue weighted by molar-refractivity contribution is 5.75. The van der Waals surface area contributed by atoms with Gasteiger partial charge in [0.1, 0.15) is 12.4 Å². The smallest absolute Gasteiger partial charge is 0.313 e. The van der Waals surface area contributed by atoms with Gasteiger partial charge in [0.2, 0.25) is 0 Å². The maximum absolute atomic E-state index is 11.9. The molecular weight excluding hydrogens is 296 g/mol. The fourth-order valence-corrected chi connectivity index (χ4v) is 2.07. The van der Waals surface area contributed by atoms with E-state index in [2.05, 4.69) is 0 Å². The molecule has 1 atom stereocenters. The van der Waals surface area contributed by atoms with Crippen LogP contribution in [-0.2, 0) is 24.7 Å². The molecule has 1 fully saturated rings. The summed E-state index contributed by atoms with van der Waals surface area (Å²) in [6, 6.07) is 5.60. The SMILES string of the molecule is Cc1ccc([C@]2(COC(=O)C(C)C)CO2)c(OC(=O)C(C)C)c1. The third-order valence-electron chi connectivity index (χ3n) is 3.72. The second-order valence-electron chi connectivity index (χ2n) is 6.62. The molecule has 0 aliphatic carbocycles. The van der Waals surface area contributed by atoms with Gasteiger partial charge in [-0.2, -0.15) is 0 Å². The quantitative estimate of drug-likeness (QED) is 0.458. The van der Waals surface area contributed by atoms with Crippen molar-refractivity contribution in [1.29, 1.82) is 0 Å². The monoisotopic (exact) mass is 320 g/mol. The van der Waals surface area contributed by atoms with E-state index >= 15 is 0 Å². The van der Waals surface area contributed by atoms with E-state index in [1.165, 1.54) is 0 Å². The topological polar surface area (TPSA) is 65.1 Å². The first kappa shape index (κ1) is 17.5. The highest BCUT2D eigenvalue weighted by Crippen LogP contribution is 2.44. The molecule has 0 bridgehead atoms. The second-order valence-corrected chi connectivity index (χ2v) is 6.62. The van der Waals surface area contributed by atoms with Crippen LogP contribution >= 0.6 is 0 Å². The highest BCUT2D eigenvalue weighted by atomic mass is 16.6. The van der Waals surface area contributed by atoms with Crippen LogP contribution in [0.4, 0.5) is 0 Å². The highest BCUT2D eigenvalue weighted by Gasteiger charge is 2.50. The van der Waals surface area contributed by atoms with E-state index in [-0.39, 0.29) is 30.4 Å². The predicted octanol–water partition coefficient (Wildman–Crippen LogP) is 2.98. The van der Waals surface area contributed by atoms with Crippen molar-refractivity contribution in [2.45, 2.75) is 40.2 Å². The van der Waals surface area contributed by atoms with Crippen LogP contribution in [0.25, 0.3) is 0 Å². The van der Waals surface area contributed by atoms with Gasteiger partial charge in [0, 0.05) is 5.56 Å². The molecule has 0 N–H and O–H groups in total. The molecule has 0 radical (unpaired) electrons. The summed E-state index contributed by atoms with van der Waals surface area (Å²) in [6.07, 6.45) is 0. The number of carbonyl (C=O) groups is 2. The maximum atomic E-state index is 11.9. The fraction of sp³-hybridized carbons (Fsp3) is 0.556. The summed E-state index contributed by atoms with van der Waals surface area (Å²) in [5.41, 5.74) is 1.02. The molecule has 2 rings (SSSR count). The summed E-state index contributed by atoms with van der Waals surface area (Å²) in [6.45, 7) is 9.62. The van der Waals surface area contributed by atoms with Gasteiger partial charge in [-0.15, -0.1) is 0 Å². The Morgan fingerprint density at radius 2 is 1.78 bits per heavy atom. The van der Waals surface area contributed by atoms with Crippen LogP contribution in [0.2, 0.25) is 0 Å². The Labute approximate surface area is 136 Å². The lowest BCUT2D eigenvalue weighted by atomic mass is 9.98. The molecular formula is C18H24O5. The van der Waals surface area contributed by atoms with Crippen LogP contribution in [0.1, 0.15) is 38.8 Å². The van der Waals surface area contributed by atoms with Crippen molar-refractivity contribution in [2.24, 2.45) is 11.8 Å². The summed E-state index contributed by atoms with van der Waals surface area (Å²) in [4.78, 5) is 23.6. The molecule has 1 aliphatic rings. The Balaban J connectivity index is 2.21. The molecule has 1 aromatic carbocycles. The van der Waals surface area contributed by atoms with Gasteiger partial charge in [0.05, 0.1) is 18.4 Å². The van der Waals surface area contributed by atoms with Crippen molar-refractivity contribution < 1.29 is 23.8 Å². The summed E-state index contributed by atoms with van der Waals surface area (Å²) >= 11 is 0. The minimum atomic E-state index is -0.704. The van der Waals surface area contributed by atoms with Gasteiger partial charge >= 0.3 is 11.9 Å². The Kier molecular flexibility index (Phi) is 5.09. The standard InChI is InChI=1S/C18H24O5/c1-11(2)16(19)21-9-18(10-22-18)14-7-6-13(5)8-15(14)23-17(20)12(3)4/h6-8,11-12H,9-10H2,1-5H3/t18-/m0/s1. The van der Waals surface area contributed by atoms with Crippen LogP contribution in [0.3, 0.4) is 0 Å². The zero-order valence-corrected chi connectivity index (χ0v) is 14.3. The van der Waals surface area contributed by atoms with E-state index < -0.39 is 5.60 Å². The Bertz CT molecular complexity index is 599. The van der Waals surface area contributed by atoms with Crippen molar-refractivity contribution in [3.63, 3.8) is 0 Å². The number of epoxide rings is 1. The maximum Gasteiger partial charge on any atom is 0.313 e. The van der Waals surface area contributed by atoms with Crippen molar-refractivity contribution in [3.8, 4) is 5.75 Å². The zero-order chi connectivity index (χ0) is 17.2. The summed E-state index contributed by atoms with van der Waals surface area (Å²) < 4.78 is 16.4. The van der Waals surface area contributed by atoms with Gasteiger partial charge in [-0.25, -0.2) is 0 Å². The first-order chi connectivity index (χ1) is 10.7. The second kappa shape index (κ2) is 6.71. The van der Waals surface area contributed by atoms with Crippen molar-refractivity contribution >= 4 is 11.9 Å². The molecule has 1 saturated heterocycles. The number of benzene rings is 1. The molecule has 0 unspecified atom stereocenters. The average Bonchev–Trinajstić information content (AvgIpc) is 3.25. The van der Waals surface area contributed by atoms with Crippen molar-refractivity contribution in [2.75, 3.05) is 13.2 Å². The number of hydrogen-bond donors (Lipinski definition) is 0. The van der Waals surface area contributed by atoms with Crippen molar-refractivity contribution in [1.82, 2.24) is 0 Å². The lowest BCUT2D eigenvalue weighted by Crippen LogP contribution is -2.24. The molecule has 5 heteroatoms. The van der Waals surface area contributed by atoms with E-state index in [1.807, 2.05) is 25.1 Å². The average molecular weight is 320 g/mol. The van der Waals surface area contributed by atoms with E-state index in [1.54, 1.807) is 27.7 Å². The third-order valence-corrected chi connectivity index (χ3v) is 3.72. The number of rotatable bonds is 6. The molecule has 23 heavy (non-hydrogen) atoms. The minimum absolute atomic E-state index is 0.124. The van der Waals surface area contributed by atoms with Crippen LogP contribution in [0.5, 0.6) is 5.75 Å². The number of esters is 2. The minimum Gasteiger partial charge on any atom is -0.462 e. The normalized spacial score (nSPS) is 19.8. The largest absolute Gasteiger partial charge is 0.462 e. The molecule has 126 valence electrons. The molecule has 0 amide bonds. The molecule has 5 nitrogen and oxygen atoms in total. The zero-order valence-electron chi connectivity index (χ0n) is 14.3. The number of carbonyl (C=O) groups excluding carboxylic acids is 2. The summed E-state index contributed by atoms with van der Waals surface area (Å²) in [5.74, 6) is -0.512. The summed E-state index contributed by atoms with van der Waals surface area (Å²) in [5, 5.41) is 0. The van der Waals surface area contributed by atoms with Crippen LogP contribution in [0, 0.1) is 18.8 Å². The fourth-order valence-electron chi connectivity index (χ4n) is 2.07. The van der Waals surface area contributed by atoms with E-state index in [4.69, 9.17) is 14.2 Å². The molecule has 1 heterocycles. The Morgan fingerprint density at radius 1 is 1.17 bits per heavy atom. The number of hydrogen-bond acceptors (Lipinski definition) is 5. The van der Waals surface area contributed by atoms with Gasteiger partial charge in [-0.1, -0.05) is 39.8 Å². The van der Waals surface area contributed by atoms with Crippen LogP contribution < -0.4 is 4.74 Å². The van der Waals surface area contributed by atoms with Gasteiger partial charge in [-0.05, 0) is 18.6 Å². The Hall–Kier alpha value is -1.88. The van der Waals surface area contributed by atoms with Crippen LogP contribution in [0.15, 0.2) is 18.2 Å². The van der Waals surface area contributed by atoms with Crippen molar-refractivity contribution in [3.05, 3.63) is 29.3 Å². The first-order valence-corrected chi connectivity index (χ1v) is 7.88. The third kappa shape index (κ3) is 4.10. The van der Waals surface area contributed by atoms with Gasteiger partial charge in [0.25, 0.3) is 0 Å². The molecule has 1 aromatic rings. The van der Waals surface area contributed by atoms with Gasteiger partial charge < -0.3 is 14.2 Å². The molecule has 0 spiro atoms. The van der Waals surface area contributed by atoms with Gasteiger partial charge in [-0.3, -0.25) is 9.59 Å². The first-order valence-electron chi connectivity index (χ1n) is 7.88. The lowest BCUT2D eigenvalue weighted by molar-refractivity contribution is -0.149. The molecule has 0 aromatic heterocycles. The number of aryl methyl sites for hydroxylation is 1. The predicted molar refractivity (Wildman–Crippen MR) is 85.1 cm³/mol. The van der Waals surface area contributed by atoms with E-state index in [0.29, 0.717) is 12.4 Å². The van der Waals surface area contributed by atoms with E-state index in [0.717, 1.165) is 11.1 Å². The summed E-state index contributed by atoms with van der Waals surface area (Å²) in [7, 11) is 0. The number of ether oxygens (including phenoxy) is 3. The van der Waals surface area contributed by atoms with E-state index in [9.17, 15) is 9.59 Å². The molecule has 1 aliphatic heterocycles. The lowest BCUT2D eigenvalue weighted by Gasteiger charge is -2.18.